The third-order valence-electron chi connectivity index (χ3n) is 2.39. The van der Waals surface area contributed by atoms with Crippen LogP contribution in [0.15, 0.2) is 18.3 Å². The van der Waals surface area contributed by atoms with Crippen LogP contribution in [-0.4, -0.2) is 34.7 Å². The molecule has 0 spiro atoms. The molecular formula is C15H25N3O2S. The number of carbonyl (C=O) groups excluding carboxylic acids is 1. The Bertz CT molecular complexity index is 430. The summed E-state index contributed by atoms with van der Waals surface area (Å²) < 4.78 is 5.17. The number of anilines is 2. The SMILES string of the molecule is CCSCCCNc1ccc(NC(=O)OC(C)(C)C)nc1. The number of aromatic nitrogens is 1. The highest BCUT2D eigenvalue weighted by Crippen LogP contribution is 2.12. The fourth-order valence-electron chi connectivity index (χ4n) is 1.53. The molecule has 0 atom stereocenters. The van der Waals surface area contributed by atoms with Crippen molar-refractivity contribution in [2.75, 3.05) is 28.7 Å². The monoisotopic (exact) mass is 311 g/mol. The quantitative estimate of drug-likeness (QED) is 0.746. The predicted octanol–water partition coefficient (Wildman–Crippen LogP) is 3.98. The van der Waals surface area contributed by atoms with E-state index in [4.69, 9.17) is 4.74 Å². The first-order valence-electron chi connectivity index (χ1n) is 7.18. The van der Waals surface area contributed by atoms with E-state index in [0.717, 1.165) is 30.2 Å². The maximum atomic E-state index is 11.6. The lowest BCUT2D eigenvalue weighted by Crippen LogP contribution is -2.27. The Hall–Kier alpha value is -1.43. The van der Waals surface area contributed by atoms with Gasteiger partial charge in [0.1, 0.15) is 11.4 Å². The Kier molecular flexibility index (Phi) is 7.36. The average Bonchev–Trinajstić information content (AvgIpc) is 2.38. The standard InChI is InChI=1S/C15H25N3O2S/c1-5-21-10-6-9-16-12-7-8-13(17-11-12)18-14(19)20-15(2,3)4/h7-8,11,16H,5-6,9-10H2,1-4H3,(H,17,18,19). The summed E-state index contributed by atoms with van der Waals surface area (Å²) in [6, 6.07) is 3.65. The normalized spacial score (nSPS) is 11.0. The van der Waals surface area contributed by atoms with Gasteiger partial charge in [0.25, 0.3) is 0 Å². The van der Waals surface area contributed by atoms with E-state index >= 15 is 0 Å². The van der Waals surface area contributed by atoms with Gasteiger partial charge in [-0.05, 0) is 50.8 Å². The van der Waals surface area contributed by atoms with Gasteiger partial charge in [-0.3, -0.25) is 5.32 Å². The van der Waals surface area contributed by atoms with Gasteiger partial charge in [0, 0.05) is 6.54 Å². The van der Waals surface area contributed by atoms with E-state index in [1.807, 2.05) is 38.6 Å². The minimum absolute atomic E-state index is 0.483. The molecule has 0 saturated heterocycles. The molecule has 6 heteroatoms. The van der Waals surface area contributed by atoms with Crippen LogP contribution in [0.4, 0.5) is 16.3 Å². The fourth-order valence-corrected chi connectivity index (χ4v) is 2.17. The summed E-state index contributed by atoms with van der Waals surface area (Å²) in [6.07, 6.45) is 2.34. The molecule has 1 amide bonds. The lowest BCUT2D eigenvalue weighted by atomic mass is 10.2. The van der Waals surface area contributed by atoms with Gasteiger partial charge in [-0.25, -0.2) is 9.78 Å². The number of pyridine rings is 1. The Morgan fingerprint density at radius 1 is 1.38 bits per heavy atom. The molecule has 1 aromatic rings. The molecule has 0 unspecified atom stereocenters. The molecule has 1 rings (SSSR count). The number of ether oxygens (including phenoxy) is 1. The number of carbonyl (C=O) groups is 1. The highest BCUT2D eigenvalue weighted by Gasteiger charge is 2.16. The van der Waals surface area contributed by atoms with Gasteiger partial charge >= 0.3 is 6.09 Å². The molecule has 1 aromatic heterocycles. The van der Waals surface area contributed by atoms with E-state index in [9.17, 15) is 4.79 Å². The van der Waals surface area contributed by atoms with Crippen LogP contribution in [0.25, 0.3) is 0 Å². The Balaban J connectivity index is 2.35. The first-order valence-corrected chi connectivity index (χ1v) is 8.34. The van der Waals surface area contributed by atoms with E-state index in [1.165, 1.54) is 0 Å². The zero-order chi connectivity index (χ0) is 15.7. The average molecular weight is 311 g/mol. The summed E-state index contributed by atoms with van der Waals surface area (Å²) in [5.41, 5.74) is 0.438. The second kappa shape index (κ2) is 8.77. The van der Waals surface area contributed by atoms with Crippen LogP contribution in [0.1, 0.15) is 34.1 Å². The third-order valence-corrected chi connectivity index (χ3v) is 3.38. The summed E-state index contributed by atoms with van der Waals surface area (Å²) in [6.45, 7) is 8.56. The Morgan fingerprint density at radius 3 is 2.71 bits per heavy atom. The number of amides is 1. The van der Waals surface area contributed by atoms with Crippen molar-refractivity contribution >= 4 is 29.4 Å². The number of hydrogen-bond donors (Lipinski definition) is 2. The van der Waals surface area contributed by atoms with Crippen molar-refractivity contribution in [3.05, 3.63) is 18.3 Å². The minimum atomic E-state index is -0.512. The van der Waals surface area contributed by atoms with Gasteiger partial charge in [-0.1, -0.05) is 6.92 Å². The molecule has 0 aliphatic heterocycles. The van der Waals surface area contributed by atoms with Gasteiger partial charge in [-0.2, -0.15) is 11.8 Å². The fraction of sp³-hybridized carbons (Fsp3) is 0.600. The van der Waals surface area contributed by atoms with Crippen LogP contribution in [-0.2, 0) is 4.74 Å². The Labute approximate surface area is 131 Å². The first-order chi connectivity index (χ1) is 9.90. The summed E-state index contributed by atoms with van der Waals surface area (Å²) in [4.78, 5) is 15.8. The number of nitrogens with one attached hydrogen (secondary N) is 2. The van der Waals surface area contributed by atoms with Crippen molar-refractivity contribution < 1.29 is 9.53 Å². The van der Waals surface area contributed by atoms with Crippen LogP contribution < -0.4 is 10.6 Å². The van der Waals surface area contributed by atoms with Crippen LogP contribution in [0.2, 0.25) is 0 Å². The molecule has 2 N–H and O–H groups in total. The lowest BCUT2D eigenvalue weighted by molar-refractivity contribution is 0.0635. The first kappa shape index (κ1) is 17.6. The van der Waals surface area contributed by atoms with Crippen molar-refractivity contribution in [3.63, 3.8) is 0 Å². The van der Waals surface area contributed by atoms with Crippen molar-refractivity contribution in [2.45, 2.75) is 39.7 Å². The largest absolute Gasteiger partial charge is 0.444 e. The molecule has 1 heterocycles. The molecule has 0 radical (unpaired) electrons. The summed E-state index contributed by atoms with van der Waals surface area (Å²) in [7, 11) is 0. The molecule has 0 bridgehead atoms. The number of rotatable bonds is 7. The van der Waals surface area contributed by atoms with Crippen LogP contribution in [0, 0.1) is 0 Å². The summed E-state index contributed by atoms with van der Waals surface area (Å²) in [5.74, 6) is 2.80. The van der Waals surface area contributed by atoms with Crippen molar-refractivity contribution in [3.8, 4) is 0 Å². The van der Waals surface area contributed by atoms with E-state index in [2.05, 4.69) is 22.5 Å². The minimum Gasteiger partial charge on any atom is -0.444 e. The van der Waals surface area contributed by atoms with E-state index in [1.54, 1.807) is 12.3 Å². The highest BCUT2D eigenvalue weighted by atomic mass is 32.2. The maximum absolute atomic E-state index is 11.6. The van der Waals surface area contributed by atoms with Gasteiger partial charge in [0.15, 0.2) is 0 Å². The van der Waals surface area contributed by atoms with Gasteiger partial charge in [0.2, 0.25) is 0 Å². The molecule has 118 valence electrons. The molecule has 0 aliphatic rings. The van der Waals surface area contributed by atoms with Crippen LogP contribution in [0.5, 0.6) is 0 Å². The molecular weight excluding hydrogens is 286 g/mol. The molecule has 0 saturated carbocycles. The smallest absolute Gasteiger partial charge is 0.413 e. The summed E-state index contributed by atoms with van der Waals surface area (Å²) >= 11 is 1.94. The highest BCUT2D eigenvalue weighted by molar-refractivity contribution is 7.99. The lowest BCUT2D eigenvalue weighted by Gasteiger charge is -2.19. The number of nitrogens with zero attached hydrogens (tertiary/aromatic N) is 1. The molecule has 0 fully saturated rings. The second-order valence-electron chi connectivity index (χ2n) is 5.54. The number of hydrogen-bond acceptors (Lipinski definition) is 5. The molecule has 0 aromatic carbocycles. The van der Waals surface area contributed by atoms with Crippen molar-refractivity contribution in [1.82, 2.24) is 4.98 Å². The molecule has 5 nitrogen and oxygen atoms in total. The maximum Gasteiger partial charge on any atom is 0.413 e. The van der Waals surface area contributed by atoms with Crippen molar-refractivity contribution in [1.29, 1.82) is 0 Å². The zero-order valence-corrected chi connectivity index (χ0v) is 14.0. The topological polar surface area (TPSA) is 63.2 Å². The van der Waals surface area contributed by atoms with Gasteiger partial charge in [-0.15, -0.1) is 0 Å². The Morgan fingerprint density at radius 2 is 2.14 bits per heavy atom. The van der Waals surface area contributed by atoms with Gasteiger partial charge in [0.05, 0.1) is 11.9 Å². The molecule has 0 aliphatic carbocycles. The van der Waals surface area contributed by atoms with Crippen LogP contribution >= 0.6 is 11.8 Å². The van der Waals surface area contributed by atoms with Crippen molar-refractivity contribution in [2.24, 2.45) is 0 Å². The van der Waals surface area contributed by atoms with Crippen LogP contribution in [0.3, 0.4) is 0 Å². The van der Waals surface area contributed by atoms with E-state index in [0.29, 0.717) is 5.82 Å². The van der Waals surface area contributed by atoms with Gasteiger partial charge < -0.3 is 10.1 Å². The number of thioether (sulfide) groups is 1. The third kappa shape index (κ3) is 8.45. The zero-order valence-electron chi connectivity index (χ0n) is 13.2. The second-order valence-corrected chi connectivity index (χ2v) is 6.93. The predicted molar refractivity (Wildman–Crippen MR) is 90.2 cm³/mol. The van der Waals surface area contributed by atoms with E-state index in [-0.39, 0.29) is 0 Å². The molecule has 21 heavy (non-hydrogen) atoms. The van der Waals surface area contributed by atoms with E-state index < -0.39 is 11.7 Å². The summed E-state index contributed by atoms with van der Waals surface area (Å²) in [5, 5.41) is 5.91.